The van der Waals surface area contributed by atoms with Crippen LogP contribution in [0.3, 0.4) is 0 Å². The first kappa shape index (κ1) is 11.2. The highest BCUT2D eigenvalue weighted by Gasteiger charge is 2.19. The molecule has 0 amide bonds. The van der Waals surface area contributed by atoms with E-state index in [-0.39, 0.29) is 5.97 Å². The Balaban J connectivity index is 2.31. The van der Waals surface area contributed by atoms with Gasteiger partial charge in [-0.1, -0.05) is 12.2 Å². The van der Waals surface area contributed by atoms with Gasteiger partial charge in [0.15, 0.2) is 0 Å². The Morgan fingerprint density at radius 2 is 2.50 bits per heavy atom. The summed E-state index contributed by atoms with van der Waals surface area (Å²) in [6.45, 7) is 2.21. The molecule has 0 radical (unpaired) electrons. The molecule has 0 spiro atoms. The van der Waals surface area contributed by atoms with Gasteiger partial charge in [-0.15, -0.1) is 0 Å². The van der Waals surface area contributed by atoms with Crippen molar-refractivity contribution in [3.63, 3.8) is 0 Å². The van der Waals surface area contributed by atoms with Crippen molar-refractivity contribution >= 4 is 5.97 Å². The predicted octanol–water partition coefficient (Wildman–Crippen LogP) is 1.62. The van der Waals surface area contributed by atoms with Crippen LogP contribution in [0.15, 0.2) is 12.2 Å². The average Bonchev–Trinajstić information content (AvgIpc) is 2.19. The fourth-order valence-corrected chi connectivity index (χ4v) is 1.75. The van der Waals surface area contributed by atoms with Crippen LogP contribution in [0, 0.1) is 5.92 Å². The summed E-state index contributed by atoms with van der Waals surface area (Å²) in [6.07, 6.45) is 8.56. The van der Waals surface area contributed by atoms with Crippen LogP contribution < -0.4 is 5.73 Å². The van der Waals surface area contributed by atoms with Crippen LogP contribution in [0.25, 0.3) is 0 Å². The summed E-state index contributed by atoms with van der Waals surface area (Å²) < 4.78 is 4.86. The normalized spacial score (nSPS) is 23.1. The lowest BCUT2D eigenvalue weighted by atomic mass is 9.90. The van der Waals surface area contributed by atoms with E-state index in [0.717, 1.165) is 19.3 Å². The van der Waals surface area contributed by atoms with E-state index >= 15 is 0 Å². The Hall–Kier alpha value is -0.830. The van der Waals surface area contributed by atoms with Gasteiger partial charge < -0.3 is 10.5 Å². The van der Waals surface area contributed by atoms with Crippen molar-refractivity contribution in [3.05, 3.63) is 12.2 Å². The highest BCUT2D eigenvalue weighted by molar-refractivity contribution is 5.75. The maximum Gasteiger partial charge on any atom is 0.322 e. The first-order valence-corrected chi connectivity index (χ1v) is 5.33. The molecule has 2 atom stereocenters. The monoisotopic (exact) mass is 197 g/mol. The Morgan fingerprint density at radius 3 is 3.07 bits per heavy atom. The van der Waals surface area contributed by atoms with Gasteiger partial charge in [0.2, 0.25) is 0 Å². The third-order valence-electron chi connectivity index (χ3n) is 2.50. The molecule has 14 heavy (non-hydrogen) atoms. The molecule has 0 heterocycles. The summed E-state index contributed by atoms with van der Waals surface area (Å²) in [5, 5.41) is 0. The minimum atomic E-state index is -0.456. The van der Waals surface area contributed by atoms with Gasteiger partial charge in [0.1, 0.15) is 6.04 Å². The summed E-state index contributed by atoms with van der Waals surface area (Å²) in [6, 6.07) is -0.456. The molecule has 0 aromatic rings. The van der Waals surface area contributed by atoms with Gasteiger partial charge in [-0.05, 0) is 38.5 Å². The third-order valence-corrected chi connectivity index (χ3v) is 2.50. The molecule has 0 saturated heterocycles. The zero-order valence-electron chi connectivity index (χ0n) is 8.74. The minimum Gasteiger partial charge on any atom is -0.465 e. The van der Waals surface area contributed by atoms with Gasteiger partial charge in [-0.2, -0.15) is 0 Å². The summed E-state index contributed by atoms with van der Waals surface area (Å²) in [5.41, 5.74) is 5.73. The third kappa shape index (κ3) is 3.50. The van der Waals surface area contributed by atoms with Gasteiger partial charge in [-0.25, -0.2) is 0 Å². The Morgan fingerprint density at radius 1 is 1.71 bits per heavy atom. The second-order valence-corrected chi connectivity index (χ2v) is 3.71. The van der Waals surface area contributed by atoms with Crippen molar-refractivity contribution in [3.8, 4) is 0 Å². The molecule has 3 nitrogen and oxygen atoms in total. The highest BCUT2D eigenvalue weighted by Crippen LogP contribution is 2.21. The SMILES string of the molecule is CCOC(=O)C(N)CC1C=CCCC1. The Labute approximate surface area is 85.3 Å². The number of hydrogen-bond donors (Lipinski definition) is 1. The molecule has 3 heteroatoms. The van der Waals surface area contributed by atoms with Gasteiger partial charge in [0, 0.05) is 0 Å². The minimum absolute atomic E-state index is 0.272. The number of allylic oxidation sites excluding steroid dienone is 2. The van der Waals surface area contributed by atoms with Crippen LogP contribution in [-0.2, 0) is 9.53 Å². The number of carbonyl (C=O) groups excluding carboxylic acids is 1. The van der Waals surface area contributed by atoms with E-state index in [1.54, 1.807) is 6.92 Å². The van der Waals surface area contributed by atoms with E-state index in [0.29, 0.717) is 12.5 Å². The molecule has 0 aromatic carbocycles. The topological polar surface area (TPSA) is 52.3 Å². The number of esters is 1. The molecule has 0 aliphatic heterocycles. The van der Waals surface area contributed by atoms with Crippen molar-refractivity contribution < 1.29 is 9.53 Å². The lowest BCUT2D eigenvalue weighted by Crippen LogP contribution is -2.34. The summed E-state index contributed by atoms with van der Waals surface area (Å²) in [4.78, 5) is 11.2. The van der Waals surface area contributed by atoms with Crippen molar-refractivity contribution in [2.45, 2.75) is 38.6 Å². The molecule has 0 saturated carbocycles. The Bertz CT molecular complexity index is 213. The maximum absolute atomic E-state index is 11.2. The molecule has 1 rings (SSSR count). The van der Waals surface area contributed by atoms with Crippen LogP contribution in [-0.4, -0.2) is 18.6 Å². The van der Waals surface area contributed by atoms with Crippen molar-refractivity contribution in [2.24, 2.45) is 11.7 Å². The summed E-state index contributed by atoms with van der Waals surface area (Å²) >= 11 is 0. The fraction of sp³-hybridized carbons (Fsp3) is 0.727. The van der Waals surface area contributed by atoms with Gasteiger partial charge in [0.25, 0.3) is 0 Å². The van der Waals surface area contributed by atoms with Gasteiger partial charge >= 0.3 is 5.97 Å². The van der Waals surface area contributed by atoms with Crippen LogP contribution in [0.5, 0.6) is 0 Å². The van der Waals surface area contributed by atoms with Gasteiger partial charge in [0.05, 0.1) is 6.61 Å². The summed E-state index contributed by atoms with van der Waals surface area (Å²) in [7, 11) is 0. The van der Waals surface area contributed by atoms with Crippen LogP contribution in [0.2, 0.25) is 0 Å². The second-order valence-electron chi connectivity index (χ2n) is 3.71. The number of hydrogen-bond acceptors (Lipinski definition) is 3. The predicted molar refractivity (Wildman–Crippen MR) is 55.7 cm³/mol. The number of rotatable bonds is 4. The van der Waals surface area contributed by atoms with E-state index in [4.69, 9.17) is 10.5 Å². The first-order valence-electron chi connectivity index (χ1n) is 5.33. The number of ether oxygens (including phenoxy) is 1. The van der Waals surface area contributed by atoms with Crippen LogP contribution in [0.1, 0.15) is 32.6 Å². The lowest BCUT2D eigenvalue weighted by Gasteiger charge is -2.19. The largest absolute Gasteiger partial charge is 0.465 e. The molecular formula is C11H19NO2. The van der Waals surface area contributed by atoms with Crippen molar-refractivity contribution in [2.75, 3.05) is 6.61 Å². The van der Waals surface area contributed by atoms with E-state index in [9.17, 15) is 4.79 Å². The molecule has 0 bridgehead atoms. The molecule has 2 unspecified atom stereocenters. The standard InChI is InChI=1S/C11H19NO2/c1-2-14-11(13)10(12)8-9-6-4-3-5-7-9/h4,6,9-10H,2-3,5,7-8,12H2,1H3. The van der Waals surface area contributed by atoms with Gasteiger partial charge in [-0.3, -0.25) is 4.79 Å². The average molecular weight is 197 g/mol. The lowest BCUT2D eigenvalue weighted by molar-refractivity contribution is -0.145. The quantitative estimate of drug-likeness (QED) is 0.550. The molecule has 1 aliphatic rings. The van der Waals surface area contributed by atoms with E-state index in [2.05, 4.69) is 12.2 Å². The number of carbonyl (C=O) groups is 1. The van der Waals surface area contributed by atoms with E-state index in [1.165, 1.54) is 6.42 Å². The smallest absolute Gasteiger partial charge is 0.322 e. The highest BCUT2D eigenvalue weighted by atomic mass is 16.5. The van der Waals surface area contributed by atoms with E-state index < -0.39 is 6.04 Å². The molecular weight excluding hydrogens is 178 g/mol. The molecule has 0 aromatic heterocycles. The maximum atomic E-state index is 11.2. The van der Waals surface area contributed by atoms with Crippen LogP contribution >= 0.6 is 0 Å². The van der Waals surface area contributed by atoms with Crippen molar-refractivity contribution in [1.29, 1.82) is 0 Å². The van der Waals surface area contributed by atoms with E-state index in [1.807, 2.05) is 0 Å². The Kier molecular flexibility index (Phi) is 4.66. The summed E-state index contributed by atoms with van der Waals surface area (Å²) in [5.74, 6) is 0.189. The zero-order chi connectivity index (χ0) is 10.4. The zero-order valence-corrected chi connectivity index (χ0v) is 8.74. The molecule has 80 valence electrons. The van der Waals surface area contributed by atoms with Crippen LogP contribution in [0.4, 0.5) is 0 Å². The van der Waals surface area contributed by atoms with Crippen molar-refractivity contribution in [1.82, 2.24) is 0 Å². The fourth-order valence-electron chi connectivity index (χ4n) is 1.75. The second kappa shape index (κ2) is 5.81. The molecule has 0 fully saturated rings. The molecule has 1 aliphatic carbocycles. The number of nitrogens with two attached hydrogens (primary N) is 1. The molecule has 2 N–H and O–H groups in total. The first-order chi connectivity index (χ1) is 6.74.